The first-order valence-electron chi connectivity index (χ1n) is 6.80. The topological polar surface area (TPSA) is 60.9 Å². The molecule has 1 aliphatic carbocycles. The number of hydrogen-bond donors (Lipinski definition) is 1. The van der Waals surface area contributed by atoms with E-state index in [-0.39, 0.29) is 12.6 Å². The lowest BCUT2D eigenvalue weighted by Crippen LogP contribution is -2.50. The van der Waals surface area contributed by atoms with Crippen molar-refractivity contribution in [3.05, 3.63) is 0 Å². The minimum absolute atomic E-state index is 0.0485. The zero-order chi connectivity index (χ0) is 13.8. The minimum Gasteiger partial charge on any atom is -0.392 e. The number of aliphatic hydroxyl groups excluding tert-OH is 1. The minimum atomic E-state index is -3.44. The largest absolute Gasteiger partial charge is 0.392 e. The summed E-state index contributed by atoms with van der Waals surface area (Å²) in [7, 11) is -1.85. The van der Waals surface area contributed by atoms with Crippen LogP contribution in [0.3, 0.4) is 0 Å². The molecule has 0 spiro atoms. The van der Waals surface area contributed by atoms with Gasteiger partial charge in [-0.3, -0.25) is 0 Å². The number of aliphatic hydroxyl groups is 1. The van der Waals surface area contributed by atoms with Crippen molar-refractivity contribution in [2.45, 2.75) is 58.1 Å². The Morgan fingerprint density at radius 3 is 2.28 bits per heavy atom. The molecule has 0 aliphatic heterocycles. The van der Waals surface area contributed by atoms with Crippen LogP contribution in [-0.2, 0) is 10.2 Å². The first-order chi connectivity index (χ1) is 8.39. The zero-order valence-electron chi connectivity index (χ0n) is 11.7. The third kappa shape index (κ3) is 3.91. The van der Waals surface area contributed by atoms with Gasteiger partial charge in [0.15, 0.2) is 0 Å². The van der Waals surface area contributed by atoms with Crippen LogP contribution < -0.4 is 0 Å². The summed E-state index contributed by atoms with van der Waals surface area (Å²) in [6, 6.07) is 0.0485. The predicted octanol–water partition coefficient (Wildman–Crippen LogP) is 1.20. The molecule has 1 aliphatic rings. The molecule has 0 amide bonds. The van der Waals surface area contributed by atoms with Crippen molar-refractivity contribution in [1.82, 2.24) is 8.61 Å². The van der Waals surface area contributed by atoms with E-state index >= 15 is 0 Å². The summed E-state index contributed by atoms with van der Waals surface area (Å²) >= 11 is 0. The summed E-state index contributed by atoms with van der Waals surface area (Å²) in [6.07, 6.45) is 4.51. The maximum Gasteiger partial charge on any atom is 0.282 e. The fourth-order valence-corrected chi connectivity index (χ4v) is 4.08. The molecule has 1 N–H and O–H groups in total. The Morgan fingerprint density at radius 2 is 1.83 bits per heavy atom. The molecule has 1 unspecified atom stereocenters. The second kappa shape index (κ2) is 6.84. The molecule has 0 bridgehead atoms. The van der Waals surface area contributed by atoms with Gasteiger partial charge in [0.1, 0.15) is 0 Å². The molecule has 0 aromatic heterocycles. The fourth-order valence-electron chi connectivity index (χ4n) is 2.40. The second-order valence-electron chi connectivity index (χ2n) is 5.13. The maximum absolute atomic E-state index is 12.4. The van der Waals surface area contributed by atoms with Crippen LogP contribution in [0.25, 0.3) is 0 Å². The molecule has 1 fully saturated rings. The lowest BCUT2D eigenvalue weighted by molar-refractivity contribution is 0.132. The van der Waals surface area contributed by atoms with Crippen molar-refractivity contribution in [1.29, 1.82) is 0 Å². The van der Waals surface area contributed by atoms with Gasteiger partial charge in [0.05, 0.1) is 6.10 Å². The Kier molecular flexibility index (Phi) is 6.04. The summed E-state index contributed by atoms with van der Waals surface area (Å²) < 4.78 is 27.7. The van der Waals surface area contributed by atoms with E-state index in [1.54, 1.807) is 14.0 Å². The quantitative estimate of drug-likeness (QED) is 0.794. The summed E-state index contributed by atoms with van der Waals surface area (Å²) in [5.74, 6) is 0. The Hall–Kier alpha value is -0.170. The van der Waals surface area contributed by atoms with E-state index in [1.807, 2.05) is 6.92 Å². The molecule has 108 valence electrons. The van der Waals surface area contributed by atoms with E-state index in [4.69, 9.17) is 0 Å². The van der Waals surface area contributed by atoms with Crippen molar-refractivity contribution in [2.24, 2.45) is 0 Å². The van der Waals surface area contributed by atoms with E-state index < -0.39 is 16.3 Å². The van der Waals surface area contributed by atoms with Gasteiger partial charge in [0.2, 0.25) is 0 Å². The van der Waals surface area contributed by atoms with Gasteiger partial charge in [-0.25, -0.2) is 0 Å². The highest BCUT2D eigenvalue weighted by atomic mass is 32.2. The lowest BCUT2D eigenvalue weighted by atomic mass is 9.95. The predicted molar refractivity (Wildman–Crippen MR) is 72.5 cm³/mol. The summed E-state index contributed by atoms with van der Waals surface area (Å²) in [5.41, 5.74) is 0. The van der Waals surface area contributed by atoms with Gasteiger partial charge in [-0.15, -0.1) is 0 Å². The van der Waals surface area contributed by atoms with Crippen LogP contribution in [0.4, 0.5) is 0 Å². The van der Waals surface area contributed by atoms with E-state index in [9.17, 15) is 13.5 Å². The SMILES string of the molecule is CCN(C)S(=O)(=O)N(CC(C)O)C1CCCCC1. The molecular formula is C12H26N2O3S. The molecule has 1 atom stereocenters. The smallest absolute Gasteiger partial charge is 0.282 e. The van der Waals surface area contributed by atoms with Gasteiger partial charge in [-0.2, -0.15) is 17.0 Å². The molecule has 5 nitrogen and oxygen atoms in total. The Labute approximate surface area is 111 Å². The van der Waals surface area contributed by atoms with E-state index in [2.05, 4.69) is 0 Å². The van der Waals surface area contributed by atoms with Crippen molar-refractivity contribution in [3.63, 3.8) is 0 Å². The van der Waals surface area contributed by atoms with Gasteiger partial charge >= 0.3 is 0 Å². The first-order valence-corrected chi connectivity index (χ1v) is 8.20. The molecule has 0 radical (unpaired) electrons. The van der Waals surface area contributed by atoms with Crippen LogP contribution >= 0.6 is 0 Å². The van der Waals surface area contributed by atoms with Gasteiger partial charge in [-0.05, 0) is 19.8 Å². The molecule has 1 rings (SSSR count). The summed E-state index contributed by atoms with van der Waals surface area (Å²) in [4.78, 5) is 0. The molecule has 18 heavy (non-hydrogen) atoms. The van der Waals surface area contributed by atoms with Gasteiger partial charge in [0.25, 0.3) is 10.2 Å². The Morgan fingerprint density at radius 1 is 1.28 bits per heavy atom. The standard InChI is InChI=1S/C12H26N2O3S/c1-4-13(3)18(16,17)14(10-11(2)15)12-8-6-5-7-9-12/h11-12,15H,4-10H2,1-3H3. The first kappa shape index (κ1) is 15.9. The van der Waals surface area contributed by atoms with Gasteiger partial charge in [0, 0.05) is 26.2 Å². The van der Waals surface area contributed by atoms with Crippen molar-refractivity contribution in [3.8, 4) is 0 Å². The number of rotatable bonds is 6. The van der Waals surface area contributed by atoms with Crippen LogP contribution in [0.15, 0.2) is 0 Å². The van der Waals surface area contributed by atoms with Crippen LogP contribution in [0, 0.1) is 0 Å². The molecular weight excluding hydrogens is 252 g/mol. The monoisotopic (exact) mass is 278 g/mol. The number of hydrogen-bond acceptors (Lipinski definition) is 3. The summed E-state index contributed by atoms with van der Waals surface area (Å²) in [5, 5.41) is 9.55. The maximum atomic E-state index is 12.4. The Bertz CT molecular complexity index is 337. The average Bonchev–Trinajstić information content (AvgIpc) is 2.35. The molecule has 0 heterocycles. The van der Waals surface area contributed by atoms with Crippen molar-refractivity contribution >= 4 is 10.2 Å². The summed E-state index contributed by atoms with van der Waals surface area (Å²) in [6.45, 7) is 4.10. The second-order valence-corrected chi connectivity index (χ2v) is 7.12. The molecule has 6 heteroatoms. The van der Waals surface area contributed by atoms with Crippen LogP contribution in [0.2, 0.25) is 0 Å². The van der Waals surface area contributed by atoms with E-state index in [0.717, 1.165) is 25.7 Å². The molecule has 1 saturated carbocycles. The molecule has 0 aromatic carbocycles. The van der Waals surface area contributed by atoms with E-state index in [0.29, 0.717) is 6.54 Å². The molecule has 0 saturated heterocycles. The van der Waals surface area contributed by atoms with Crippen molar-refractivity contribution < 1.29 is 13.5 Å². The van der Waals surface area contributed by atoms with Crippen molar-refractivity contribution in [2.75, 3.05) is 20.1 Å². The lowest BCUT2D eigenvalue weighted by Gasteiger charge is -2.36. The molecule has 0 aromatic rings. The Balaban J connectivity index is 2.89. The van der Waals surface area contributed by atoms with Crippen LogP contribution in [0.1, 0.15) is 46.0 Å². The van der Waals surface area contributed by atoms with E-state index in [1.165, 1.54) is 15.0 Å². The third-order valence-electron chi connectivity index (χ3n) is 3.56. The van der Waals surface area contributed by atoms with Crippen LogP contribution in [-0.4, -0.2) is 54.4 Å². The average molecular weight is 278 g/mol. The number of nitrogens with zero attached hydrogens (tertiary/aromatic N) is 2. The fraction of sp³-hybridized carbons (Fsp3) is 1.00. The zero-order valence-corrected chi connectivity index (χ0v) is 12.5. The van der Waals surface area contributed by atoms with Crippen LogP contribution in [0.5, 0.6) is 0 Å². The highest BCUT2D eigenvalue weighted by molar-refractivity contribution is 7.86. The third-order valence-corrected chi connectivity index (χ3v) is 5.65. The normalized spacial score (nSPS) is 20.6. The highest BCUT2D eigenvalue weighted by Gasteiger charge is 2.33. The van der Waals surface area contributed by atoms with Gasteiger partial charge < -0.3 is 5.11 Å². The van der Waals surface area contributed by atoms with Gasteiger partial charge in [-0.1, -0.05) is 26.2 Å². The highest BCUT2D eigenvalue weighted by Crippen LogP contribution is 2.25.